The van der Waals surface area contributed by atoms with E-state index in [1.807, 2.05) is 6.07 Å². The number of amides is 1. The third-order valence-electron chi connectivity index (χ3n) is 4.30. The van der Waals surface area contributed by atoms with Gasteiger partial charge in [0.15, 0.2) is 0 Å². The van der Waals surface area contributed by atoms with Gasteiger partial charge >= 0.3 is 0 Å². The highest BCUT2D eigenvalue weighted by molar-refractivity contribution is 5.95. The average Bonchev–Trinajstić information content (AvgIpc) is 2.87. The van der Waals surface area contributed by atoms with Crippen LogP contribution >= 0.6 is 0 Å². The van der Waals surface area contributed by atoms with Gasteiger partial charge in [-0.2, -0.15) is 0 Å². The molecule has 1 amide bonds. The van der Waals surface area contributed by atoms with Crippen LogP contribution in [-0.4, -0.2) is 23.0 Å². The van der Waals surface area contributed by atoms with E-state index in [-0.39, 0.29) is 12.1 Å². The first-order chi connectivity index (χ1) is 9.65. The van der Waals surface area contributed by atoms with Crippen molar-refractivity contribution < 1.29 is 9.53 Å². The van der Waals surface area contributed by atoms with Crippen molar-refractivity contribution in [2.75, 3.05) is 0 Å². The third kappa shape index (κ3) is 2.50. The maximum Gasteiger partial charge on any atom is 0.254 e. The molecule has 1 saturated carbocycles. The van der Waals surface area contributed by atoms with E-state index in [9.17, 15) is 4.79 Å². The molecule has 1 fully saturated rings. The fourth-order valence-corrected chi connectivity index (χ4v) is 3.13. The topological polar surface area (TPSA) is 91.2 Å². The number of carbonyl (C=O) groups is 1. The Balaban J connectivity index is 1.89. The highest BCUT2D eigenvalue weighted by atomic mass is 16.5. The lowest BCUT2D eigenvalue weighted by atomic mass is 9.93. The second-order valence-corrected chi connectivity index (χ2v) is 5.77. The predicted octanol–water partition coefficient (Wildman–Crippen LogP) is 1.32. The first kappa shape index (κ1) is 13.4. The highest BCUT2D eigenvalue weighted by Gasteiger charge is 2.27. The van der Waals surface area contributed by atoms with Crippen molar-refractivity contribution >= 4 is 5.91 Å². The largest absolute Gasteiger partial charge is 0.472 e. The number of nitrogens with zero attached hydrogens (tertiary/aromatic N) is 1. The monoisotopic (exact) mass is 275 g/mol. The van der Waals surface area contributed by atoms with Crippen LogP contribution in [-0.2, 0) is 12.8 Å². The Hall–Kier alpha value is -1.62. The number of rotatable bonds is 3. The fourth-order valence-electron chi connectivity index (χ4n) is 3.13. The second-order valence-electron chi connectivity index (χ2n) is 5.77. The molecule has 4 N–H and O–H groups in total. The van der Waals surface area contributed by atoms with Gasteiger partial charge in [0.25, 0.3) is 5.91 Å². The number of hydrogen-bond donors (Lipinski definition) is 2. The zero-order valence-corrected chi connectivity index (χ0v) is 11.6. The van der Waals surface area contributed by atoms with Crippen LogP contribution in [0.3, 0.4) is 0 Å². The number of hydrogen-bond acceptors (Lipinski definition) is 4. The number of carbonyl (C=O) groups excluding carboxylic acids is 1. The summed E-state index contributed by atoms with van der Waals surface area (Å²) in [5.41, 5.74) is 14.1. The van der Waals surface area contributed by atoms with Crippen molar-refractivity contribution in [3.05, 3.63) is 22.9 Å². The Labute approximate surface area is 118 Å². The standard InChI is InChI=1S/C15H21N3O2/c16-11-5-1-2-7-13(11)20-15-10(14(17)19)8-9-4-3-6-12(9)18-15/h8,11,13H,1-7,16H2,(H2,17,19). The first-order valence-electron chi connectivity index (χ1n) is 7.40. The molecule has 0 aliphatic heterocycles. The Morgan fingerprint density at radius 2 is 2.05 bits per heavy atom. The maximum atomic E-state index is 11.6. The van der Waals surface area contributed by atoms with Gasteiger partial charge in [-0.1, -0.05) is 6.42 Å². The number of pyridine rings is 1. The SMILES string of the molecule is NC(=O)c1cc2c(nc1OC1CCCCC1N)CCC2. The molecule has 3 rings (SSSR count). The number of ether oxygens (including phenoxy) is 1. The van der Waals surface area contributed by atoms with Crippen molar-refractivity contribution in [2.45, 2.75) is 57.1 Å². The van der Waals surface area contributed by atoms with Crippen LogP contribution in [0.5, 0.6) is 5.88 Å². The molecular formula is C15H21N3O2. The molecule has 0 spiro atoms. The summed E-state index contributed by atoms with van der Waals surface area (Å²) in [4.78, 5) is 16.1. The van der Waals surface area contributed by atoms with E-state index in [2.05, 4.69) is 4.98 Å². The molecule has 5 heteroatoms. The fraction of sp³-hybridized carbons (Fsp3) is 0.600. The zero-order valence-electron chi connectivity index (χ0n) is 11.6. The van der Waals surface area contributed by atoms with E-state index in [0.717, 1.165) is 56.2 Å². The number of aromatic nitrogens is 1. The van der Waals surface area contributed by atoms with E-state index < -0.39 is 5.91 Å². The lowest BCUT2D eigenvalue weighted by Gasteiger charge is -2.29. The van der Waals surface area contributed by atoms with E-state index in [1.165, 1.54) is 0 Å². The van der Waals surface area contributed by atoms with Crippen LogP contribution < -0.4 is 16.2 Å². The van der Waals surface area contributed by atoms with Gasteiger partial charge < -0.3 is 16.2 Å². The van der Waals surface area contributed by atoms with Gasteiger partial charge in [-0.05, 0) is 50.2 Å². The molecule has 1 aromatic heterocycles. The Kier molecular flexibility index (Phi) is 3.61. The van der Waals surface area contributed by atoms with Crippen molar-refractivity contribution in [3.8, 4) is 5.88 Å². The summed E-state index contributed by atoms with van der Waals surface area (Å²) in [5.74, 6) is -0.105. The van der Waals surface area contributed by atoms with Crippen molar-refractivity contribution in [2.24, 2.45) is 11.5 Å². The van der Waals surface area contributed by atoms with Crippen LogP contribution in [0.25, 0.3) is 0 Å². The number of fused-ring (bicyclic) bond motifs is 1. The van der Waals surface area contributed by atoms with Gasteiger partial charge in [0, 0.05) is 11.7 Å². The third-order valence-corrected chi connectivity index (χ3v) is 4.30. The molecule has 108 valence electrons. The van der Waals surface area contributed by atoms with Crippen molar-refractivity contribution in [1.82, 2.24) is 4.98 Å². The maximum absolute atomic E-state index is 11.6. The summed E-state index contributed by atoms with van der Waals surface area (Å²) < 4.78 is 5.95. The Morgan fingerprint density at radius 1 is 1.25 bits per heavy atom. The molecule has 0 bridgehead atoms. The minimum atomic E-state index is -0.480. The van der Waals surface area contributed by atoms with Crippen molar-refractivity contribution in [1.29, 1.82) is 0 Å². The molecule has 2 aliphatic rings. The molecule has 2 unspecified atom stereocenters. The average molecular weight is 275 g/mol. The van der Waals surface area contributed by atoms with Crippen LogP contribution in [0.15, 0.2) is 6.07 Å². The molecule has 5 nitrogen and oxygen atoms in total. The van der Waals surface area contributed by atoms with E-state index in [1.54, 1.807) is 0 Å². The molecule has 20 heavy (non-hydrogen) atoms. The van der Waals surface area contributed by atoms with Crippen LogP contribution in [0.4, 0.5) is 0 Å². The lowest BCUT2D eigenvalue weighted by molar-refractivity contribution is 0.0975. The minimum absolute atomic E-state index is 0.0135. The zero-order chi connectivity index (χ0) is 14.1. The van der Waals surface area contributed by atoms with E-state index >= 15 is 0 Å². The van der Waals surface area contributed by atoms with E-state index in [0.29, 0.717) is 11.4 Å². The molecule has 2 atom stereocenters. The molecular weight excluding hydrogens is 254 g/mol. The molecule has 1 aromatic rings. The summed E-state index contributed by atoms with van der Waals surface area (Å²) in [5, 5.41) is 0. The Morgan fingerprint density at radius 3 is 2.80 bits per heavy atom. The van der Waals surface area contributed by atoms with Crippen LogP contribution in [0.2, 0.25) is 0 Å². The van der Waals surface area contributed by atoms with Gasteiger partial charge in [-0.3, -0.25) is 4.79 Å². The van der Waals surface area contributed by atoms with Gasteiger partial charge in [-0.15, -0.1) is 0 Å². The smallest absolute Gasteiger partial charge is 0.254 e. The molecule has 0 aromatic carbocycles. The number of aryl methyl sites for hydroxylation is 2. The molecule has 2 aliphatic carbocycles. The minimum Gasteiger partial charge on any atom is -0.472 e. The summed E-state index contributed by atoms with van der Waals surface area (Å²) in [6, 6.07) is 1.86. The summed E-state index contributed by atoms with van der Waals surface area (Å²) in [6.45, 7) is 0. The molecule has 0 saturated heterocycles. The number of primary amides is 1. The van der Waals surface area contributed by atoms with Crippen molar-refractivity contribution in [3.63, 3.8) is 0 Å². The van der Waals surface area contributed by atoms with Gasteiger partial charge in [0.05, 0.1) is 0 Å². The highest BCUT2D eigenvalue weighted by Crippen LogP contribution is 2.29. The van der Waals surface area contributed by atoms with Gasteiger partial charge in [-0.25, -0.2) is 4.98 Å². The predicted molar refractivity (Wildman–Crippen MR) is 75.6 cm³/mol. The van der Waals surface area contributed by atoms with Gasteiger partial charge in [0.1, 0.15) is 11.7 Å². The quantitative estimate of drug-likeness (QED) is 0.870. The van der Waals surface area contributed by atoms with Gasteiger partial charge in [0.2, 0.25) is 5.88 Å². The summed E-state index contributed by atoms with van der Waals surface area (Å²) in [7, 11) is 0. The summed E-state index contributed by atoms with van der Waals surface area (Å²) in [6.07, 6.45) is 7.05. The first-order valence-corrected chi connectivity index (χ1v) is 7.40. The lowest BCUT2D eigenvalue weighted by Crippen LogP contribution is -2.41. The number of nitrogens with two attached hydrogens (primary N) is 2. The Bertz CT molecular complexity index is 530. The normalized spacial score (nSPS) is 25.2. The summed E-state index contributed by atoms with van der Waals surface area (Å²) >= 11 is 0. The van der Waals surface area contributed by atoms with E-state index in [4.69, 9.17) is 16.2 Å². The molecule has 1 heterocycles. The van der Waals surface area contributed by atoms with Crippen LogP contribution in [0.1, 0.15) is 53.7 Å². The second kappa shape index (κ2) is 5.40. The molecule has 0 radical (unpaired) electrons. The van der Waals surface area contributed by atoms with Crippen LogP contribution in [0, 0.1) is 0 Å².